The van der Waals surface area contributed by atoms with Gasteiger partial charge in [-0.05, 0) is 44.1 Å². The molecule has 132 valence electrons. The molecule has 7 heteroatoms. The summed E-state index contributed by atoms with van der Waals surface area (Å²) in [4.78, 5) is 6.01. The van der Waals surface area contributed by atoms with E-state index in [1.165, 1.54) is 11.1 Å². The van der Waals surface area contributed by atoms with Crippen molar-refractivity contribution in [2.45, 2.75) is 39.7 Å². The largest absolute Gasteiger partial charge is 0.357 e. The van der Waals surface area contributed by atoms with Gasteiger partial charge in [-0.25, -0.2) is 8.42 Å². The van der Waals surface area contributed by atoms with Crippen molar-refractivity contribution >= 4 is 27.1 Å². The molecule has 0 aliphatic carbocycles. The Kier molecular flexibility index (Phi) is 8.62. The third-order valence-corrected chi connectivity index (χ3v) is 5.22. The van der Waals surface area contributed by atoms with Gasteiger partial charge < -0.3 is 10.6 Å². The smallest absolute Gasteiger partial charge is 0.191 e. The van der Waals surface area contributed by atoms with Crippen LogP contribution in [0.5, 0.6) is 0 Å². The molecule has 0 saturated heterocycles. The van der Waals surface area contributed by atoms with E-state index in [0.29, 0.717) is 12.3 Å². The molecule has 2 unspecified atom stereocenters. The van der Waals surface area contributed by atoms with Crippen LogP contribution in [0, 0.1) is 5.92 Å². The third-order valence-electron chi connectivity index (χ3n) is 3.34. The molecule has 1 aromatic rings. The highest BCUT2D eigenvalue weighted by Crippen LogP contribution is 2.14. The van der Waals surface area contributed by atoms with Crippen LogP contribution >= 0.6 is 11.3 Å². The van der Waals surface area contributed by atoms with Crippen LogP contribution in [0.25, 0.3) is 0 Å². The Morgan fingerprint density at radius 3 is 2.70 bits per heavy atom. The van der Waals surface area contributed by atoms with Crippen molar-refractivity contribution in [2.24, 2.45) is 10.9 Å². The number of aliphatic imine (C=N–C) groups is 1. The van der Waals surface area contributed by atoms with Gasteiger partial charge in [0.1, 0.15) is 9.84 Å². The standard InChI is InChI=1S/C16H29N3O2S2/c1-5-17-16(19-14(3)8-10-23(4,20)21)18-12-13(2)11-15-7-6-9-22-15/h6-7,9,13-14H,5,8,10-12H2,1-4H3,(H2,17,18,19). The summed E-state index contributed by atoms with van der Waals surface area (Å²) in [7, 11) is -2.92. The molecular weight excluding hydrogens is 330 g/mol. The molecule has 0 radical (unpaired) electrons. The summed E-state index contributed by atoms with van der Waals surface area (Å²) in [6, 6.07) is 4.29. The highest BCUT2D eigenvalue weighted by atomic mass is 32.2. The van der Waals surface area contributed by atoms with Gasteiger partial charge in [0.15, 0.2) is 5.96 Å². The lowest BCUT2D eigenvalue weighted by Crippen LogP contribution is -2.43. The predicted octanol–water partition coefficient (Wildman–Crippen LogP) is 2.31. The number of hydrogen-bond acceptors (Lipinski definition) is 4. The third kappa shape index (κ3) is 9.61. The second-order valence-corrected chi connectivity index (χ2v) is 9.36. The monoisotopic (exact) mass is 359 g/mol. The maximum atomic E-state index is 11.2. The van der Waals surface area contributed by atoms with Crippen LogP contribution in [0.1, 0.15) is 32.1 Å². The van der Waals surface area contributed by atoms with Crippen molar-refractivity contribution in [3.63, 3.8) is 0 Å². The van der Waals surface area contributed by atoms with E-state index in [2.05, 4.69) is 40.1 Å². The molecule has 0 aliphatic heterocycles. The van der Waals surface area contributed by atoms with E-state index >= 15 is 0 Å². The number of guanidine groups is 1. The van der Waals surface area contributed by atoms with Gasteiger partial charge in [-0.2, -0.15) is 0 Å². The van der Waals surface area contributed by atoms with E-state index in [0.717, 1.165) is 25.5 Å². The van der Waals surface area contributed by atoms with Crippen LogP contribution in [0.15, 0.2) is 22.5 Å². The molecule has 0 fully saturated rings. The lowest BCUT2D eigenvalue weighted by atomic mass is 10.1. The van der Waals surface area contributed by atoms with Crippen LogP contribution in [-0.2, 0) is 16.3 Å². The van der Waals surface area contributed by atoms with Crippen LogP contribution in [0.3, 0.4) is 0 Å². The van der Waals surface area contributed by atoms with Crippen molar-refractivity contribution in [3.05, 3.63) is 22.4 Å². The zero-order valence-corrected chi connectivity index (χ0v) is 16.1. The van der Waals surface area contributed by atoms with Gasteiger partial charge in [-0.15, -0.1) is 11.3 Å². The second-order valence-electron chi connectivity index (χ2n) is 6.07. The fourth-order valence-corrected chi connectivity index (χ4v) is 3.75. The van der Waals surface area contributed by atoms with Crippen LogP contribution in [0.4, 0.5) is 0 Å². The summed E-state index contributed by atoms with van der Waals surface area (Å²) >= 11 is 1.78. The Hall–Kier alpha value is -1.08. The van der Waals surface area contributed by atoms with Gasteiger partial charge in [0.05, 0.1) is 5.75 Å². The molecule has 0 spiro atoms. The molecule has 0 aliphatic rings. The first kappa shape index (κ1) is 20.0. The minimum atomic E-state index is -2.92. The van der Waals surface area contributed by atoms with Gasteiger partial charge in [0, 0.05) is 30.3 Å². The first-order chi connectivity index (χ1) is 10.8. The molecule has 2 atom stereocenters. The first-order valence-corrected chi connectivity index (χ1v) is 11.0. The van der Waals surface area contributed by atoms with E-state index in [1.807, 2.05) is 13.8 Å². The fraction of sp³-hybridized carbons (Fsp3) is 0.688. The highest BCUT2D eigenvalue weighted by molar-refractivity contribution is 7.90. The Morgan fingerprint density at radius 2 is 2.13 bits per heavy atom. The molecule has 2 N–H and O–H groups in total. The van der Waals surface area contributed by atoms with E-state index in [1.54, 1.807) is 11.3 Å². The van der Waals surface area contributed by atoms with Crippen molar-refractivity contribution in [2.75, 3.05) is 25.1 Å². The Labute approximate surface area is 144 Å². The molecule has 5 nitrogen and oxygen atoms in total. The quantitative estimate of drug-likeness (QED) is 0.524. The molecule has 1 heterocycles. The van der Waals surface area contributed by atoms with Gasteiger partial charge in [0.2, 0.25) is 0 Å². The van der Waals surface area contributed by atoms with Gasteiger partial charge >= 0.3 is 0 Å². The summed E-state index contributed by atoms with van der Waals surface area (Å²) in [5.41, 5.74) is 0. The lowest BCUT2D eigenvalue weighted by molar-refractivity contribution is 0.573. The maximum Gasteiger partial charge on any atom is 0.191 e. The van der Waals surface area contributed by atoms with Gasteiger partial charge in [-0.1, -0.05) is 13.0 Å². The topological polar surface area (TPSA) is 70.6 Å². The molecule has 23 heavy (non-hydrogen) atoms. The Morgan fingerprint density at radius 1 is 1.39 bits per heavy atom. The summed E-state index contributed by atoms with van der Waals surface area (Å²) < 4.78 is 22.5. The van der Waals surface area contributed by atoms with Gasteiger partial charge in [-0.3, -0.25) is 4.99 Å². The number of thiophene rings is 1. The van der Waals surface area contributed by atoms with Crippen molar-refractivity contribution in [1.82, 2.24) is 10.6 Å². The number of nitrogens with one attached hydrogen (secondary N) is 2. The lowest BCUT2D eigenvalue weighted by Gasteiger charge is -2.18. The average Bonchev–Trinajstić information content (AvgIpc) is 2.95. The number of sulfone groups is 1. The first-order valence-electron chi connectivity index (χ1n) is 8.05. The normalized spacial score (nSPS) is 15.2. The summed E-state index contributed by atoms with van der Waals surface area (Å²) in [6.45, 7) is 7.72. The Bertz CT molecular complexity index is 568. The predicted molar refractivity (Wildman–Crippen MR) is 100 cm³/mol. The molecule has 0 bridgehead atoms. The van der Waals surface area contributed by atoms with E-state index in [4.69, 9.17) is 0 Å². The highest BCUT2D eigenvalue weighted by Gasteiger charge is 2.10. The zero-order chi connectivity index (χ0) is 17.3. The number of hydrogen-bond donors (Lipinski definition) is 2. The minimum Gasteiger partial charge on any atom is -0.357 e. The minimum absolute atomic E-state index is 0.0649. The molecule has 0 saturated carbocycles. The molecule has 1 rings (SSSR count). The van der Waals surface area contributed by atoms with Crippen molar-refractivity contribution in [3.8, 4) is 0 Å². The SMILES string of the molecule is CCNC(=NCC(C)Cc1cccs1)NC(C)CCS(C)(=O)=O. The van der Waals surface area contributed by atoms with Crippen molar-refractivity contribution < 1.29 is 8.42 Å². The molecular formula is C16H29N3O2S2. The second kappa shape index (κ2) is 9.93. The van der Waals surface area contributed by atoms with Gasteiger partial charge in [0.25, 0.3) is 0 Å². The average molecular weight is 360 g/mol. The number of rotatable bonds is 9. The molecule has 0 amide bonds. The zero-order valence-electron chi connectivity index (χ0n) is 14.5. The fourth-order valence-electron chi connectivity index (χ4n) is 2.10. The van der Waals surface area contributed by atoms with Crippen molar-refractivity contribution in [1.29, 1.82) is 0 Å². The Balaban J connectivity index is 2.48. The van der Waals surface area contributed by atoms with Crippen LogP contribution < -0.4 is 10.6 Å². The maximum absolute atomic E-state index is 11.2. The summed E-state index contributed by atoms with van der Waals surface area (Å²) in [5.74, 6) is 1.41. The van der Waals surface area contributed by atoms with Crippen LogP contribution in [0.2, 0.25) is 0 Å². The van der Waals surface area contributed by atoms with E-state index in [-0.39, 0.29) is 11.8 Å². The summed E-state index contributed by atoms with van der Waals surface area (Å²) in [5, 5.41) is 8.60. The molecule has 1 aromatic heterocycles. The summed E-state index contributed by atoms with van der Waals surface area (Å²) in [6.07, 6.45) is 2.88. The molecule has 0 aromatic carbocycles. The number of nitrogens with zero attached hydrogens (tertiary/aromatic N) is 1. The van der Waals surface area contributed by atoms with E-state index < -0.39 is 9.84 Å². The van der Waals surface area contributed by atoms with E-state index in [9.17, 15) is 8.42 Å². The van der Waals surface area contributed by atoms with Crippen LogP contribution in [-0.4, -0.2) is 45.5 Å².